The first-order valence-corrected chi connectivity index (χ1v) is 11.5. The van der Waals surface area contributed by atoms with Gasteiger partial charge in [-0.3, -0.25) is 4.72 Å². The molecular weight excluding hydrogens is 414 g/mol. The summed E-state index contributed by atoms with van der Waals surface area (Å²) in [5.74, 6) is 1.47. The Morgan fingerprint density at radius 2 is 1.41 bits per heavy atom. The molecule has 0 unspecified atom stereocenters. The molecule has 164 valence electrons. The van der Waals surface area contributed by atoms with Gasteiger partial charge in [0, 0.05) is 22.3 Å². The summed E-state index contributed by atoms with van der Waals surface area (Å²) in [6, 6.07) is 26.9. The predicted octanol–water partition coefficient (Wildman–Crippen LogP) is 7.19. The zero-order valence-corrected chi connectivity index (χ0v) is 19.7. The second-order valence-corrected chi connectivity index (χ2v) is 7.91. The van der Waals surface area contributed by atoms with E-state index in [0.717, 1.165) is 27.9 Å². The fraction of sp³-hybridized carbons (Fsp3) is 0.154. The summed E-state index contributed by atoms with van der Waals surface area (Å²) in [6.07, 6.45) is 1.56. The summed E-state index contributed by atoms with van der Waals surface area (Å²) < 4.78 is 3.09. The van der Waals surface area contributed by atoms with Crippen LogP contribution in [0.15, 0.2) is 90.1 Å². The summed E-state index contributed by atoms with van der Waals surface area (Å²) in [5, 5.41) is 6.75. The normalized spacial score (nSPS) is 10.1. The largest absolute Gasteiger partial charge is 0.340 e. The molecule has 0 atom stereocenters. The van der Waals surface area contributed by atoms with Crippen LogP contribution in [0.5, 0.6) is 0 Å². The monoisotopic (exact) mass is 443 g/mol. The van der Waals surface area contributed by atoms with Crippen molar-refractivity contribution in [2.24, 2.45) is 0 Å². The fourth-order valence-corrected chi connectivity index (χ4v) is 3.77. The number of hydrogen-bond donors (Lipinski definition) is 3. The molecule has 4 aromatic rings. The summed E-state index contributed by atoms with van der Waals surface area (Å²) in [4.78, 5) is 9.86. The lowest BCUT2D eigenvalue weighted by Gasteiger charge is -2.12. The van der Waals surface area contributed by atoms with Gasteiger partial charge < -0.3 is 10.6 Å². The summed E-state index contributed by atoms with van der Waals surface area (Å²) >= 11 is 1.57. The first-order valence-electron chi connectivity index (χ1n) is 10.7. The SMILES string of the molecule is CC.CNSc1cccc(Nc2cc(Nc3cc(C)cc(-c4ccccc4)c3)ncn2)c1. The lowest BCUT2D eigenvalue weighted by molar-refractivity contribution is 1.16. The standard InChI is InChI=1S/C24H23N5S.C2H6/c1-17-11-19(18-7-4-3-5-8-18)13-21(12-17)29-24-15-23(26-16-27-24)28-20-9-6-10-22(14-20)30-25-2;1-2/h3-16,25H,1-2H3,(H2,26,27,28,29);1-2H3. The molecule has 5 nitrogen and oxygen atoms in total. The van der Waals surface area contributed by atoms with Crippen LogP contribution in [0.2, 0.25) is 0 Å². The predicted molar refractivity (Wildman–Crippen MR) is 138 cm³/mol. The first-order chi connectivity index (χ1) is 15.7. The number of nitrogens with one attached hydrogen (secondary N) is 3. The molecule has 1 heterocycles. The van der Waals surface area contributed by atoms with Crippen LogP contribution in [0, 0.1) is 6.92 Å². The van der Waals surface area contributed by atoms with E-state index < -0.39 is 0 Å². The second kappa shape index (κ2) is 11.9. The van der Waals surface area contributed by atoms with Gasteiger partial charge in [-0.1, -0.05) is 56.3 Å². The topological polar surface area (TPSA) is 61.9 Å². The van der Waals surface area contributed by atoms with E-state index >= 15 is 0 Å². The molecule has 0 saturated carbocycles. The van der Waals surface area contributed by atoms with E-state index in [2.05, 4.69) is 86.8 Å². The van der Waals surface area contributed by atoms with E-state index in [1.54, 1.807) is 18.3 Å². The molecule has 0 bridgehead atoms. The van der Waals surface area contributed by atoms with Gasteiger partial charge in [0.15, 0.2) is 0 Å². The summed E-state index contributed by atoms with van der Waals surface area (Å²) in [6.45, 7) is 6.10. The van der Waals surface area contributed by atoms with Gasteiger partial charge in [0.25, 0.3) is 0 Å². The molecule has 0 aliphatic heterocycles. The van der Waals surface area contributed by atoms with Gasteiger partial charge in [-0.25, -0.2) is 9.97 Å². The van der Waals surface area contributed by atoms with Crippen molar-refractivity contribution in [3.8, 4) is 11.1 Å². The molecule has 0 saturated heterocycles. The zero-order chi connectivity index (χ0) is 22.8. The molecule has 6 heteroatoms. The highest BCUT2D eigenvalue weighted by molar-refractivity contribution is 7.97. The number of nitrogens with zero attached hydrogens (tertiary/aromatic N) is 2. The third-order valence-electron chi connectivity index (χ3n) is 4.45. The van der Waals surface area contributed by atoms with Gasteiger partial charge >= 0.3 is 0 Å². The molecule has 0 fully saturated rings. The lowest BCUT2D eigenvalue weighted by atomic mass is 10.0. The van der Waals surface area contributed by atoms with E-state index in [-0.39, 0.29) is 0 Å². The minimum Gasteiger partial charge on any atom is -0.340 e. The Morgan fingerprint density at radius 1 is 0.688 bits per heavy atom. The number of anilines is 4. The van der Waals surface area contributed by atoms with E-state index in [4.69, 9.17) is 0 Å². The molecular formula is C26H29N5S. The summed E-state index contributed by atoms with van der Waals surface area (Å²) in [7, 11) is 1.90. The van der Waals surface area contributed by atoms with Crippen LogP contribution in [0.1, 0.15) is 19.4 Å². The van der Waals surface area contributed by atoms with Crippen molar-refractivity contribution < 1.29 is 0 Å². The smallest absolute Gasteiger partial charge is 0.135 e. The van der Waals surface area contributed by atoms with E-state index in [0.29, 0.717) is 0 Å². The van der Waals surface area contributed by atoms with Crippen LogP contribution < -0.4 is 15.4 Å². The van der Waals surface area contributed by atoms with Gasteiger partial charge in [-0.2, -0.15) is 0 Å². The average Bonchev–Trinajstić information content (AvgIpc) is 2.81. The van der Waals surface area contributed by atoms with Gasteiger partial charge in [0.2, 0.25) is 0 Å². The van der Waals surface area contributed by atoms with Crippen molar-refractivity contribution in [2.45, 2.75) is 25.7 Å². The highest BCUT2D eigenvalue weighted by Crippen LogP contribution is 2.27. The summed E-state index contributed by atoms with van der Waals surface area (Å²) in [5.41, 5.74) is 5.51. The molecule has 32 heavy (non-hydrogen) atoms. The minimum atomic E-state index is 0.732. The molecule has 1 aromatic heterocycles. The number of aromatic nitrogens is 2. The Hall–Kier alpha value is -3.35. The fourth-order valence-electron chi connectivity index (χ4n) is 3.20. The Morgan fingerprint density at radius 3 is 2.12 bits per heavy atom. The zero-order valence-electron chi connectivity index (χ0n) is 18.9. The maximum absolute atomic E-state index is 4.38. The molecule has 0 amide bonds. The number of aryl methyl sites for hydroxylation is 1. The molecule has 4 rings (SSSR count). The van der Waals surface area contributed by atoms with Crippen molar-refractivity contribution in [2.75, 3.05) is 17.7 Å². The minimum absolute atomic E-state index is 0.732. The van der Waals surface area contributed by atoms with E-state index in [9.17, 15) is 0 Å². The quantitative estimate of drug-likeness (QED) is 0.263. The Balaban J connectivity index is 0.00000141. The van der Waals surface area contributed by atoms with Gasteiger partial charge in [0.1, 0.15) is 18.0 Å². The number of rotatable bonds is 7. The van der Waals surface area contributed by atoms with Crippen molar-refractivity contribution in [3.05, 3.63) is 90.8 Å². The molecule has 3 N–H and O–H groups in total. The maximum atomic E-state index is 4.38. The first kappa shape index (κ1) is 23.3. The Labute approximate surface area is 194 Å². The van der Waals surface area contributed by atoms with Crippen molar-refractivity contribution in [3.63, 3.8) is 0 Å². The highest BCUT2D eigenvalue weighted by atomic mass is 32.2. The maximum Gasteiger partial charge on any atom is 0.135 e. The molecule has 3 aromatic carbocycles. The molecule has 0 aliphatic carbocycles. The molecule has 0 spiro atoms. The van der Waals surface area contributed by atoms with Crippen LogP contribution in [0.25, 0.3) is 11.1 Å². The van der Waals surface area contributed by atoms with E-state index in [1.807, 2.05) is 45.2 Å². The van der Waals surface area contributed by atoms with E-state index in [1.165, 1.54) is 16.7 Å². The Bertz CT molecular complexity index is 1130. The van der Waals surface area contributed by atoms with Crippen molar-refractivity contribution in [1.29, 1.82) is 0 Å². The molecule has 0 aliphatic rings. The van der Waals surface area contributed by atoms with Gasteiger partial charge in [-0.15, -0.1) is 0 Å². The highest BCUT2D eigenvalue weighted by Gasteiger charge is 2.05. The van der Waals surface area contributed by atoms with Crippen molar-refractivity contribution in [1.82, 2.24) is 14.7 Å². The van der Waals surface area contributed by atoms with Gasteiger partial charge in [-0.05, 0) is 72.9 Å². The average molecular weight is 444 g/mol. The lowest BCUT2D eigenvalue weighted by Crippen LogP contribution is -1.99. The number of hydrogen-bond acceptors (Lipinski definition) is 6. The van der Waals surface area contributed by atoms with Gasteiger partial charge in [0.05, 0.1) is 0 Å². The van der Waals surface area contributed by atoms with Crippen LogP contribution in [0.3, 0.4) is 0 Å². The van der Waals surface area contributed by atoms with Crippen LogP contribution in [-0.2, 0) is 0 Å². The van der Waals surface area contributed by atoms with Crippen molar-refractivity contribution >= 4 is 35.0 Å². The Kier molecular flexibility index (Phi) is 8.66. The van der Waals surface area contributed by atoms with Crippen LogP contribution >= 0.6 is 11.9 Å². The second-order valence-electron chi connectivity index (χ2n) is 6.83. The van der Waals surface area contributed by atoms with Crippen LogP contribution in [0.4, 0.5) is 23.0 Å². The number of benzene rings is 3. The van der Waals surface area contributed by atoms with Crippen LogP contribution in [-0.4, -0.2) is 17.0 Å². The molecule has 0 radical (unpaired) electrons. The third-order valence-corrected chi connectivity index (χ3v) is 5.14. The third kappa shape index (κ3) is 6.57.